The first-order valence-corrected chi connectivity index (χ1v) is 6.78. The number of hydrogen-bond donors (Lipinski definition) is 0. The van der Waals surface area contributed by atoms with Crippen molar-refractivity contribution >= 4 is 0 Å². The zero-order valence-electron chi connectivity index (χ0n) is 11.7. The molecule has 4 rings (SSSR count). The monoisotopic (exact) mass is 308 g/mol. The highest BCUT2D eigenvalue weighted by Crippen LogP contribution is 2.37. The molecule has 0 N–H and O–H groups in total. The van der Waals surface area contributed by atoms with Crippen LogP contribution in [0.1, 0.15) is 5.69 Å². The predicted octanol–water partition coefficient (Wildman–Crippen LogP) is 2.67. The van der Waals surface area contributed by atoms with Crippen LogP contribution in [0.15, 0.2) is 42.5 Å². The maximum absolute atomic E-state index is 13.5. The lowest BCUT2D eigenvalue weighted by Crippen LogP contribution is -2.00. The van der Waals surface area contributed by atoms with Crippen molar-refractivity contribution < 1.29 is 13.9 Å². The van der Waals surface area contributed by atoms with Gasteiger partial charge in [-0.15, -0.1) is 5.10 Å². The Labute approximate surface area is 130 Å². The largest absolute Gasteiger partial charge is 0.454 e. The van der Waals surface area contributed by atoms with Crippen LogP contribution in [0.4, 0.5) is 4.39 Å². The van der Waals surface area contributed by atoms with Gasteiger partial charge in [0.05, 0.1) is 5.69 Å². The normalized spacial score (nSPS) is 12.2. The molecule has 112 valence electrons. The molecule has 2 aromatic carbocycles. The van der Waals surface area contributed by atoms with E-state index in [1.165, 1.54) is 16.8 Å². The minimum atomic E-state index is -0.395. The maximum atomic E-state index is 13.5. The molecule has 0 aliphatic carbocycles. The summed E-state index contributed by atoms with van der Waals surface area (Å²) >= 11 is 0. The summed E-state index contributed by atoms with van der Waals surface area (Å²) in [5, 5.41) is 17.1. The van der Waals surface area contributed by atoms with E-state index in [0.29, 0.717) is 28.4 Å². The van der Waals surface area contributed by atoms with Crippen molar-refractivity contribution in [3.05, 3.63) is 54.0 Å². The molecular formula is C16H9FN4O2. The molecule has 23 heavy (non-hydrogen) atoms. The third-order valence-electron chi connectivity index (χ3n) is 3.47. The van der Waals surface area contributed by atoms with Gasteiger partial charge >= 0.3 is 0 Å². The van der Waals surface area contributed by atoms with Crippen molar-refractivity contribution in [1.29, 1.82) is 5.26 Å². The lowest BCUT2D eigenvalue weighted by Gasteiger charge is -2.07. The molecule has 0 radical (unpaired) electrons. The van der Waals surface area contributed by atoms with Crippen LogP contribution in [0, 0.1) is 17.1 Å². The molecule has 0 saturated carbocycles. The highest BCUT2D eigenvalue weighted by molar-refractivity contribution is 5.70. The highest BCUT2D eigenvalue weighted by Gasteiger charge is 2.20. The van der Waals surface area contributed by atoms with Gasteiger partial charge in [-0.3, -0.25) is 0 Å². The van der Waals surface area contributed by atoms with Gasteiger partial charge in [0.25, 0.3) is 0 Å². The molecule has 0 saturated heterocycles. The standard InChI is InChI=1S/C16H9FN4O2/c17-11-2-1-3-12(7-11)21-16(13(8-18)19-20-21)10-4-5-14-15(6-10)23-9-22-14/h1-7H,9H2. The summed E-state index contributed by atoms with van der Waals surface area (Å²) in [4.78, 5) is 0. The Balaban J connectivity index is 1.91. The Bertz CT molecular complexity index is 945. The quantitative estimate of drug-likeness (QED) is 0.727. The Hall–Kier alpha value is -3.40. The minimum absolute atomic E-state index is 0.146. The molecule has 0 unspecified atom stereocenters. The number of rotatable bonds is 2. The molecule has 1 aliphatic heterocycles. The fraction of sp³-hybridized carbons (Fsp3) is 0.0625. The topological polar surface area (TPSA) is 73.0 Å². The van der Waals surface area contributed by atoms with Crippen LogP contribution >= 0.6 is 0 Å². The highest BCUT2D eigenvalue weighted by atomic mass is 19.1. The molecule has 0 bridgehead atoms. The molecular weight excluding hydrogens is 299 g/mol. The molecule has 3 aromatic rings. The third-order valence-corrected chi connectivity index (χ3v) is 3.47. The van der Waals surface area contributed by atoms with Crippen LogP contribution in [-0.4, -0.2) is 21.8 Å². The zero-order chi connectivity index (χ0) is 15.8. The summed E-state index contributed by atoms with van der Waals surface area (Å²) in [6.45, 7) is 0.158. The predicted molar refractivity (Wildman–Crippen MR) is 77.6 cm³/mol. The van der Waals surface area contributed by atoms with Gasteiger partial charge < -0.3 is 9.47 Å². The van der Waals surface area contributed by atoms with Gasteiger partial charge in [-0.1, -0.05) is 11.3 Å². The second kappa shape index (κ2) is 5.10. The molecule has 1 aromatic heterocycles. The van der Waals surface area contributed by atoms with Gasteiger partial charge in [-0.2, -0.15) is 5.26 Å². The maximum Gasteiger partial charge on any atom is 0.231 e. The van der Waals surface area contributed by atoms with Gasteiger partial charge in [0.1, 0.15) is 17.6 Å². The first-order chi connectivity index (χ1) is 11.3. The Morgan fingerprint density at radius 3 is 2.83 bits per heavy atom. The second-order valence-electron chi connectivity index (χ2n) is 4.86. The molecule has 0 fully saturated rings. The van der Waals surface area contributed by atoms with E-state index in [1.54, 1.807) is 30.3 Å². The number of halogens is 1. The SMILES string of the molecule is N#Cc1nnn(-c2cccc(F)c2)c1-c1ccc2c(c1)OCO2. The number of benzene rings is 2. The first kappa shape index (κ1) is 13.3. The van der Waals surface area contributed by atoms with E-state index >= 15 is 0 Å². The van der Waals surface area contributed by atoms with Crippen LogP contribution in [-0.2, 0) is 0 Å². The van der Waals surface area contributed by atoms with E-state index in [9.17, 15) is 9.65 Å². The summed E-state index contributed by atoms with van der Waals surface area (Å²) in [5.41, 5.74) is 1.77. The number of nitrogens with zero attached hydrogens (tertiary/aromatic N) is 4. The third kappa shape index (κ3) is 2.17. The molecule has 0 atom stereocenters. The van der Waals surface area contributed by atoms with Crippen LogP contribution in [0.3, 0.4) is 0 Å². The molecule has 0 spiro atoms. The lowest BCUT2D eigenvalue weighted by atomic mass is 10.1. The van der Waals surface area contributed by atoms with E-state index in [0.717, 1.165) is 0 Å². The van der Waals surface area contributed by atoms with Crippen molar-refractivity contribution in [2.24, 2.45) is 0 Å². The Morgan fingerprint density at radius 2 is 2.00 bits per heavy atom. The average Bonchev–Trinajstić information content (AvgIpc) is 3.20. The second-order valence-corrected chi connectivity index (χ2v) is 4.86. The molecule has 6 nitrogen and oxygen atoms in total. The summed E-state index contributed by atoms with van der Waals surface area (Å²) in [6, 6.07) is 13.2. The van der Waals surface area contributed by atoms with E-state index in [2.05, 4.69) is 10.3 Å². The fourth-order valence-electron chi connectivity index (χ4n) is 2.45. The Morgan fingerprint density at radius 1 is 1.13 bits per heavy atom. The van der Waals surface area contributed by atoms with Crippen LogP contribution in [0.5, 0.6) is 11.5 Å². The number of hydrogen-bond acceptors (Lipinski definition) is 5. The minimum Gasteiger partial charge on any atom is -0.454 e. The Kier molecular flexibility index (Phi) is 2.95. The van der Waals surface area contributed by atoms with E-state index < -0.39 is 5.82 Å². The summed E-state index contributed by atoms with van der Waals surface area (Å²) in [5.74, 6) is 0.823. The molecule has 2 heterocycles. The molecule has 1 aliphatic rings. The van der Waals surface area contributed by atoms with Crippen molar-refractivity contribution in [3.63, 3.8) is 0 Å². The average molecular weight is 308 g/mol. The fourth-order valence-corrected chi connectivity index (χ4v) is 2.45. The smallest absolute Gasteiger partial charge is 0.231 e. The van der Waals surface area contributed by atoms with Crippen LogP contribution < -0.4 is 9.47 Å². The van der Waals surface area contributed by atoms with Gasteiger partial charge in [0.15, 0.2) is 17.2 Å². The van der Waals surface area contributed by atoms with Gasteiger partial charge in [0.2, 0.25) is 6.79 Å². The van der Waals surface area contributed by atoms with Crippen LogP contribution in [0.25, 0.3) is 16.9 Å². The van der Waals surface area contributed by atoms with Gasteiger partial charge in [-0.25, -0.2) is 9.07 Å². The number of ether oxygens (including phenoxy) is 2. The van der Waals surface area contributed by atoms with Crippen molar-refractivity contribution in [1.82, 2.24) is 15.0 Å². The summed E-state index contributed by atoms with van der Waals surface area (Å²) < 4.78 is 25.6. The van der Waals surface area contributed by atoms with Crippen molar-refractivity contribution in [3.8, 4) is 34.5 Å². The van der Waals surface area contributed by atoms with E-state index in [-0.39, 0.29) is 12.5 Å². The van der Waals surface area contributed by atoms with E-state index in [1.807, 2.05) is 6.07 Å². The first-order valence-electron chi connectivity index (χ1n) is 6.78. The van der Waals surface area contributed by atoms with Crippen LogP contribution in [0.2, 0.25) is 0 Å². The summed E-state index contributed by atoms with van der Waals surface area (Å²) in [6.07, 6.45) is 0. The number of fused-ring (bicyclic) bond motifs is 1. The zero-order valence-corrected chi connectivity index (χ0v) is 11.7. The van der Waals surface area contributed by atoms with E-state index in [4.69, 9.17) is 9.47 Å². The van der Waals surface area contributed by atoms with Crippen molar-refractivity contribution in [2.75, 3.05) is 6.79 Å². The van der Waals surface area contributed by atoms with Gasteiger partial charge in [-0.05, 0) is 36.4 Å². The number of nitriles is 1. The van der Waals surface area contributed by atoms with Gasteiger partial charge in [0, 0.05) is 5.56 Å². The van der Waals surface area contributed by atoms with Crippen molar-refractivity contribution in [2.45, 2.75) is 0 Å². The molecule has 0 amide bonds. The molecule has 7 heteroatoms. The number of aromatic nitrogens is 3. The lowest BCUT2D eigenvalue weighted by molar-refractivity contribution is 0.174. The summed E-state index contributed by atoms with van der Waals surface area (Å²) in [7, 11) is 0.